The zero-order valence-corrected chi connectivity index (χ0v) is 21.4. The van der Waals surface area contributed by atoms with E-state index in [0.717, 1.165) is 54.0 Å². The number of carbonyl (C=O) groups excluding carboxylic acids is 1. The second-order valence-corrected chi connectivity index (χ2v) is 12.0. The number of aromatic nitrogens is 2. The number of urea groups is 1. The predicted octanol–water partition coefficient (Wildman–Crippen LogP) is 1.81. The molecule has 35 heavy (non-hydrogen) atoms. The quantitative estimate of drug-likeness (QED) is 0.583. The number of carbonyl (C=O) groups is 1. The second-order valence-electron chi connectivity index (χ2n) is 10.3. The van der Waals surface area contributed by atoms with Crippen molar-refractivity contribution in [3.05, 3.63) is 45.9 Å². The molecule has 5 rings (SSSR count). The normalized spacial score (nSPS) is 20.8. The Morgan fingerprint density at radius 1 is 1.20 bits per heavy atom. The number of nitrogens with one attached hydrogen (secondary N) is 2. The van der Waals surface area contributed by atoms with Gasteiger partial charge in [0.25, 0.3) is 0 Å². The monoisotopic (exact) mass is 502 g/mol. The highest BCUT2D eigenvalue weighted by molar-refractivity contribution is 7.86. The van der Waals surface area contributed by atoms with Crippen molar-refractivity contribution in [3.63, 3.8) is 0 Å². The van der Waals surface area contributed by atoms with Crippen LogP contribution in [0.1, 0.15) is 61.4 Å². The van der Waals surface area contributed by atoms with Gasteiger partial charge in [0.2, 0.25) is 0 Å². The number of aryl methyl sites for hydroxylation is 2. The molecule has 190 valence electrons. The van der Waals surface area contributed by atoms with Gasteiger partial charge in [0.1, 0.15) is 0 Å². The SMILES string of the molecule is CC(C)n1cc(N(C2CCN(C)C2)S(=O)(=O)[NH+]([O-])C(=O)Nc2c3c(cc4c2CCC4)CCC3)cn1. The zero-order valence-electron chi connectivity index (χ0n) is 20.6. The molecule has 0 bridgehead atoms. The van der Waals surface area contributed by atoms with Crippen molar-refractivity contribution in [1.29, 1.82) is 0 Å². The van der Waals surface area contributed by atoms with E-state index >= 15 is 0 Å². The van der Waals surface area contributed by atoms with Gasteiger partial charge in [0.15, 0.2) is 0 Å². The molecule has 2 N–H and O–H groups in total. The zero-order chi connectivity index (χ0) is 24.9. The number of quaternary nitrogens is 1. The first-order valence-electron chi connectivity index (χ1n) is 12.5. The summed E-state index contributed by atoms with van der Waals surface area (Å²) in [4.78, 5) is 15.2. The van der Waals surface area contributed by atoms with Crippen LogP contribution < -0.4 is 14.1 Å². The highest BCUT2D eigenvalue weighted by Gasteiger charge is 2.42. The summed E-state index contributed by atoms with van der Waals surface area (Å²) in [5.41, 5.74) is 5.48. The Hall–Kier alpha value is -2.47. The first-order valence-corrected chi connectivity index (χ1v) is 13.9. The standard InChI is InChI=1S/C24H34N6O4S/c1-16(2)28-15-20(13-25-28)29(19-10-11-27(3)14-19)35(33,34)30(32)24(31)26-23-21-8-4-6-17(21)12-18-7-5-9-22(18)23/h12-13,15-16,19,30H,4-11,14H2,1-3H3,(H,26,31). The lowest BCUT2D eigenvalue weighted by molar-refractivity contribution is -0.604. The molecule has 1 fully saturated rings. The fourth-order valence-corrected chi connectivity index (χ4v) is 7.11. The summed E-state index contributed by atoms with van der Waals surface area (Å²) in [6.07, 6.45) is 9.19. The van der Waals surface area contributed by atoms with Crippen LogP contribution in [0.3, 0.4) is 0 Å². The number of anilines is 2. The van der Waals surface area contributed by atoms with Crippen LogP contribution in [0.15, 0.2) is 18.5 Å². The lowest BCUT2D eigenvalue weighted by atomic mass is 9.99. The van der Waals surface area contributed by atoms with E-state index in [2.05, 4.69) is 16.5 Å². The Kier molecular flexibility index (Phi) is 6.37. The molecule has 1 aliphatic heterocycles. The molecule has 3 aliphatic rings. The topological polar surface area (TPSA) is 115 Å². The van der Waals surface area contributed by atoms with E-state index in [1.165, 1.54) is 17.3 Å². The summed E-state index contributed by atoms with van der Waals surface area (Å²) in [5.74, 6) is 0. The number of fused-ring (bicyclic) bond motifs is 2. The van der Waals surface area contributed by atoms with Gasteiger partial charge in [-0.15, -0.1) is 0 Å². The number of hydroxylamine groups is 1. The van der Waals surface area contributed by atoms with Crippen molar-refractivity contribution >= 4 is 27.6 Å². The average molecular weight is 503 g/mol. The van der Waals surface area contributed by atoms with Crippen LogP contribution in [-0.4, -0.2) is 55.3 Å². The minimum absolute atomic E-state index is 0.0285. The minimum Gasteiger partial charge on any atom is -0.608 e. The highest BCUT2D eigenvalue weighted by atomic mass is 32.2. The lowest BCUT2D eigenvalue weighted by Crippen LogP contribution is -3.14. The van der Waals surface area contributed by atoms with Gasteiger partial charge in [-0.3, -0.25) is 10.00 Å². The van der Waals surface area contributed by atoms with E-state index in [4.69, 9.17) is 0 Å². The van der Waals surface area contributed by atoms with Crippen molar-refractivity contribution in [2.45, 2.75) is 70.9 Å². The molecule has 2 heterocycles. The summed E-state index contributed by atoms with van der Waals surface area (Å²) >= 11 is 0. The number of hydrogen-bond acceptors (Lipinski definition) is 6. The van der Waals surface area contributed by atoms with Gasteiger partial charge >= 0.3 is 16.2 Å². The number of benzene rings is 1. The van der Waals surface area contributed by atoms with E-state index in [1.807, 2.05) is 25.8 Å². The molecule has 2 aliphatic carbocycles. The summed E-state index contributed by atoms with van der Waals surface area (Å²) in [5, 5.41) is 20.3. The van der Waals surface area contributed by atoms with Crippen LogP contribution >= 0.6 is 0 Å². The summed E-state index contributed by atoms with van der Waals surface area (Å²) in [6, 6.07) is 0.716. The molecule has 0 saturated carbocycles. The smallest absolute Gasteiger partial charge is 0.436 e. The lowest BCUT2D eigenvalue weighted by Gasteiger charge is -2.32. The van der Waals surface area contributed by atoms with Crippen LogP contribution in [0.2, 0.25) is 0 Å². The molecule has 2 amide bonds. The summed E-state index contributed by atoms with van der Waals surface area (Å²) in [7, 11) is -2.71. The number of rotatable bonds is 6. The summed E-state index contributed by atoms with van der Waals surface area (Å²) in [6.45, 7) is 5.06. The van der Waals surface area contributed by atoms with Crippen LogP contribution in [0, 0.1) is 5.21 Å². The third-order valence-corrected chi connectivity index (χ3v) is 9.14. The molecule has 10 nitrogen and oxygen atoms in total. The van der Waals surface area contributed by atoms with Crippen molar-refractivity contribution in [1.82, 2.24) is 14.7 Å². The summed E-state index contributed by atoms with van der Waals surface area (Å²) < 4.78 is 28.7. The average Bonchev–Trinajstić information content (AvgIpc) is 3.60. The fraction of sp³-hybridized carbons (Fsp3) is 0.583. The van der Waals surface area contributed by atoms with E-state index in [-0.39, 0.29) is 6.04 Å². The van der Waals surface area contributed by atoms with Crippen LogP contribution in [0.4, 0.5) is 16.2 Å². The largest absolute Gasteiger partial charge is 0.608 e. The van der Waals surface area contributed by atoms with E-state index in [1.54, 1.807) is 10.9 Å². The van der Waals surface area contributed by atoms with Crippen molar-refractivity contribution in [3.8, 4) is 0 Å². The number of likely N-dealkylation sites (N-methyl/N-ethyl adjacent to an activating group) is 1. The van der Waals surface area contributed by atoms with Crippen LogP contribution in [0.5, 0.6) is 0 Å². The van der Waals surface area contributed by atoms with Gasteiger partial charge in [-0.05, 0) is 94.6 Å². The number of hydrogen-bond donors (Lipinski definition) is 2. The maximum Gasteiger partial charge on any atom is 0.436 e. The van der Waals surface area contributed by atoms with Crippen molar-refractivity contribution in [2.24, 2.45) is 0 Å². The fourth-order valence-electron chi connectivity index (χ4n) is 5.71. The Balaban J connectivity index is 1.46. The van der Waals surface area contributed by atoms with Gasteiger partial charge in [0.05, 0.1) is 23.6 Å². The number of nitrogens with zero attached hydrogens (tertiary/aromatic N) is 4. The molecule has 1 aromatic carbocycles. The van der Waals surface area contributed by atoms with Gasteiger partial charge < -0.3 is 10.1 Å². The molecule has 0 radical (unpaired) electrons. The highest BCUT2D eigenvalue weighted by Crippen LogP contribution is 2.38. The molecular formula is C24H34N6O4S. The van der Waals surface area contributed by atoms with Crippen LogP contribution in [0.25, 0.3) is 0 Å². The molecule has 2 aromatic rings. The van der Waals surface area contributed by atoms with E-state index in [0.29, 0.717) is 30.9 Å². The minimum atomic E-state index is -4.62. The Morgan fingerprint density at radius 2 is 1.86 bits per heavy atom. The van der Waals surface area contributed by atoms with Gasteiger partial charge in [0, 0.05) is 18.8 Å². The predicted molar refractivity (Wildman–Crippen MR) is 134 cm³/mol. The van der Waals surface area contributed by atoms with Crippen molar-refractivity contribution < 1.29 is 17.7 Å². The Labute approximate surface area is 206 Å². The third kappa shape index (κ3) is 4.35. The maximum absolute atomic E-state index is 13.7. The third-order valence-electron chi connectivity index (χ3n) is 7.46. The molecule has 2 atom stereocenters. The van der Waals surface area contributed by atoms with Gasteiger partial charge in [-0.25, -0.2) is 9.10 Å². The Morgan fingerprint density at radius 3 is 2.40 bits per heavy atom. The number of likely N-dealkylation sites (tertiary alicyclic amines) is 1. The molecule has 1 aromatic heterocycles. The first kappa shape index (κ1) is 24.2. The number of amides is 2. The van der Waals surface area contributed by atoms with E-state index in [9.17, 15) is 18.4 Å². The molecule has 1 saturated heterocycles. The maximum atomic E-state index is 13.7. The molecule has 0 spiro atoms. The molecule has 11 heteroatoms. The van der Waals surface area contributed by atoms with Gasteiger partial charge in [-0.2, -0.15) is 18.0 Å². The van der Waals surface area contributed by atoms with E-state index < -0.39 is 26.8 Å². The Bertz CT molecular complexity index is 1210. The molecule has 2 unspecified atom stereocenters. The van der Waals surface area contributed by atoms with Crippen LogP contribution in [-0.2, 0) is 35.9 Å². The van der Waals surface area contributed by atoms with Gasteiger partial charge in [-0.1, -0.05) is 6.07 Å². The molecular weight excluding hydrogens is 468 g/mol. The second kappa shape index (κ2) is 9.20. The first-order chi connectivity index (χ1) is 16.7. The van der Waals surface area contributed by atoms with Crippen molar-refractivity contribution in [2.75, 3.05) is 29.8 Å².